The molecule has 0 unspecified atom stereocenters. The first kappa shape index (κ1) is 19.9. The number of benzene rings is 2. The highest BCUT2D eigenvalue weighted by atomic mass is 16.5. The lowest BCUT2D eigenvalue weighted by atomic mass is 10.0. The Balaban J connectivity index is 1.17. The number of hydrogen-bond acceptors (Lipinski definition) is 4. The monoisotopic (exact) mass is 416 g/mol. The van der Waals surface area contributed by atoms with Crippen LogP contribution in [-0.4, -0.2) is 34.7 Å². The van der Waals surface area contributed by atoms with Gasteiger partial charge in [0.15, 0.2) is 0 Å². The average Bonchev–Trinajstić information content (AvgIpc) is 3.38. The van der Waals surface area contributed by atoms with Crippen LogP contribution in [0.25, 0.3) is 5.69 Å². The molecule has 5 nitrogen and oxygen atoms in total. The van der Waals surface area contributed by atoms with Crippen molar-refractivity contribution in [3.05, 3.63) is 88.8 Å². The van der Waals surface area contributed by atoms with E-state index in [2.05, 4.69) is 4.90 Å². The third-order valence-corrected chi connectivity index (χ3v) is 6.48. The highest BCUT2D eigenvalue weighted by molar-refractivity contribution is 5.38. The molecule has 2 fully saturated rings. The fourth-order valence-corrected chi connectivity index (χ4v) is 4.86. The number of fused-ring (bicyclic) bond motifs is 2. The van der Waals surface area contributed by atoms with E-state index in [1.165, 1.54) is 31.7 Å². The molecule has 2 saturated heterocycles. The Labute approximate surface area is 182 Å². The van der Waals surface area contributed by atoms with Gasteiger partial charge in [0.2, 0.25) is 0 Å². The Kier molecular flexibility index (Phi) is 5.76. The zero-order valence-corrected chi connectivity index (χ0v) is 17.7. The molecule has 0 amide bonds. The zero-order chi connectivity index (χ0) is 21.0. The third-order valence-electron chi connectivity index (χ3n) is 6.48. The molecule has 0 saturated carbocycles. The predicted octanol–water partition coefficient (Wildman–Crippen LogP) is 4.42. The van der Waals surface area contributed by atoms with E-state index in [-0.39, 0.29) is 5.56 Å². The second kappa shape index (κ2) is 8.98. The summed E-state index contributed by atoms with van der Waals surface area (Å²) >= 11 is 0. The van der Waals surface area contributed by atoms with Crippen molar-refractivity contribution in [3.8, 4) is 17.2 Å². The summed E-state index contributed by atoms with van der Waals surface area (Å²) in [5.41, 5.74) is 1.76. The SMILES string of the molecule is O=c1cc(OCc2ccccc2)ccn1-c1ccc(OCCN2C3CCC2CC3)cc1. The summed E-state index contributed by atoms with van der Waals surface area (Å²) in [6, 6.07) is 22.5. The van der Waals surface area contributed by atoms with Crippen molar-refractivity contribution in [3.63, 3.8) is 0 Å². The summed E-state index contributed by atoms with van der Waals surface area (Å²) in [6.45, 7) is 2.15. The smallest absolute Gasteiger partial charge is 0.258 e. The maximum absolute atomic E-state index is 12.6. The van der Waals surface area contributed by atoms with Gasteiger partial charge >= 0.3 is 0 Å². The largest absolute Gasteiger partial charge is 0.492 e. The summed E-state index contributed by atoms with van der Waals surface area (Å²) in [6.07, 6.45) is 7.16. The van der Waals surface area contributed by atoms with E-state index in [0.29, 0.717) is 19.0 Å². The van der Waals surface area contributed by atoms with Crippen molar-refractivity contribution < 1.29 is 9.47 Å². The van der Waals surface area contributed by atoms with Gasteiger partial charge in [-0.3, -0.25) is 14.3 Å². The number of pyridine rings is 1. The Morgan fingerprint density at radius 3 is 2.19 bits per heavy atom. The van der Waals surface area contributed by atoms with Crippen LogP contribution < -0.4 is 15.0 Å². The number of nitrogens with zero attached hydrogens (tertiary/aromatic N) is 2. The van der Waals surface area contributed by atoms with E-state index in [4.69, 9.17) is 9.47 Å². The van der Waals surface area contributed by atoms with Crippen molar-refractivity contribution in [1.82, 2.24) is 9.47 Å². The first-order valence-electron chi connectivity index (χ1n) is 11.1. The van der Waals surface area contributed by atoms with Gasteiger partial charge in [0.1, 0.15) is 24.7 Å². The molecule has 3 aromatic rings. The molecule has 5 rings (SSSR count). The topological polar surface area (TPSA) is 43.7 Å². The average molecular weight is 417 g/mol. The van der Waals surface area contributed by atoms with Gasteiger partial charge in [-0.15, -0.1) is 0 Å². The first-order valence-corrected chi connectivity index (χ1v) is 11.1. The van der Waals surface area contributed by atoms with Crippen LogP contribution in [0.5, 0.6) is 11.5 Å². The standard InChI is InChI=1S/C26H28N2O3/c29-26-18-25(31-19-20-4-2-1-3-5-20)14-15-28(26)23-10-12-24(13-11-23)30-17-16-27-21-6-7-22(27)9-8-21/h1-5,10-15,18,21-22H,6-9,16-17,19H2. The lowest BCUT2D eigenvalue weighted by molar-refractivity contribution is 0.194. The van der Waals surface area contributed by atoms with Crippen LogP contribution in [0, 0.1) is 0 Å². The van der Waals surface area contributed by atoms with Gasteiger partial charge in [-0.1, -0.05) is 30.3 Å². The second-order valence-electron chi connectivity index (χ2n) is 8.39. The Hall–Kier alpha value is -3.05. The van der Waals surface area contributed by atoms with Gasteiger partial charge in [0, 0.05) is 36.6 Å². The van der Waals surface area contributed by atoms with E-state index in [9.17, 15) is 4.79 Å². The second-order valence-corrected chi connectivity index (χ2v) is 8.39. The molecule has 0 radical (unpaired) electrons. The lowest BCUT2D eigenvalue weighted by Crippen LogP contribution is -2.32. The summed E-state index contributed by atoms with van der Waals surface area (Å²) in [5.74, 6) is 1.41. The van der Waals surface area contributed by atoms with Crippen LogP contribution in [0.1, 0.15) is 31.2 Å². The molecule has 2 bridgehead atoms. The molecular formula is C26H28N2O3. The van der Waals surface area contributed by atoms with Crippen LogP contribution in [0.2, 0.25) is 0 Å². The minimum Gasteiger partial charge on any atom is -0.492 e. The Bertz CT molecular complexity index is 1040. The molecule has 0 spiro atoms. The maximum atomic E-state index is 12.6. The normalized spacial score (nSPS) is 20.1. The maximum Gasteiger partial charge on any atom is 0.258 e. The van der Waals surface area contributed by atoms with Crippen LogP contribution in [0.15, 0.2) is 77.7 Å². The van der Waals surface area contributed by atoms with Crippen molar-refractivity contribution >= 4 is 0 Å². The zero-order valence-electron chi connectivity index (χ0n) is 17.7. The number of rotatable bonds is 8. The van der Waals surface area contributed by atoms with Crippen LogP contribution in [0.4, 0.5) is 0 Å². The number of ether oxygens (including phenoxy) is 2. The number of hydrogen-bond donors (Lipinski definition) is 0. The molecule has 160 valence electrons. The summed E-state index contributed by atoms with van der Waals surface area (Å²) in [7, 11) is 0. The van der Waals surface area contributed by atoms with E-state index < -0.39 is 0 Å². The van der Waals surface area contributed by atoms with Crippen molar-refractivity contribution in [2.45, 2.75) is 44.4 Å². The Morgan fingerprint density at radius 2 is 1.52 bits per heavy atom. The molecule has 2 aliphatic rings. The van der Waals surface area contributed by atoms with Crippen LogP contribution >= 0.6 is 0 Å². The fourth-order valence-electron chi connectivity index (χ4n) is 4.86. The Morgan fingerprint density at radius 1 is 0.806 bits per heavy atom. The molecule has 1 aromatic heterocycles. The fraction of sp³-hybridized carbons (Fsp3) is 0.346. The summed E-state index contributed by atoms with van der Waals surface area (Å²) in [5, 5.41) is 0. The van der Waals surface area contributed by atoms with Gasteiger partial charge < -0.3 is 9.47 Å². The molecule has 3 heterocycles. The quantitative estimate of drug-likeness (QED) is 0.545. The minimum atomic E-state index is -0.122. The van der Waals surface area contributed by atoms with Gasteiger partial charge in [0.25, 0.3) is 5.56 Å². The first-order chi connectivity index (χ1) is 15.3. The van der Waals surface area contributed by atoms with Crippen molar-refractivity contribution in [1.29, 1.82) is 0 Å². The van der Waals surface area contributed by atoms with Crippen molar-refractivity contribution in [2.24, 2.45) is 0 Å². The van der Waals surface area contributed by atoms with Gasteiger partial charge in [-0.25, -0.2) is 0 Å². The molecule has 0 aliphatic carbocycles. The van der Waals surface area contributed by atoms with Crippen LogP contribution in [-0.2, 0) is 6.61 Å². The highest BCUT2D eigenvalue weighted by Gasteiger charge is 2.38. The predicted molar refractivity (Wildman–Crippen MR) is 121 cm³/mol. The van der Waals surface area contributed by atoms with E-state index in [0.717, 1.165) is 35.6 Å². The molecule has 0 atom stereocenters. The van der Waals surface area contributed by atoms with E-state index in [1.807, 2.05) is 60.7 Å². The van der Waals surface area contributed by atoms with Gasteiger partial charge in [0.05, 0.1) is 0 Å². The van der Waals surface area contributed by atoms with Crippen molar-refractivity contribution in [2.75, 3.05) is 13.2 Å². The highest BCUT2D eigenvalue weighted by Crippen LogP contribution is 2.36. The molecule has 2 aliphatic heterocycles. The lowest BCUT2D eigenvalue weighted by Gasteiger charge is -2.21. The summed E-state index contributed by atoms with van der Waals surface area (Å²) < 4.78 is 13.3. The third kappa shape index (κ3) is 4.52. The minimum absolute atomic E-state index is 0.122. The summed E-state index contributed by atoms with van der Waals surface area (Å²) in [4.78, 5) is 15.2. The van der Waals surface area contributed by atoms with Crippen LogP contribution in [0.3, 0.4) is 0 Å². The number of aromatic nitrogens is 1. The van der Waals surface area contributed by atoms with E-state index >= 15 is 0 Å². The van der Waals surface area contributed by atoms with Gasteiger partial charge in [-0.2, -0.15) is 0 Å². The van der Waals surface area contributed by atoms with E-state index in [1.54, 1.807) is 10.8 Å². The molecule has 2 aromatic carbocycles. The molecule has 0 N–H and O–H groups in total. The molecule has 31 heavy (non-hydrogen) atoms. The molecular weight excluding hydrogens is 388 g/mol. The van der Waals surface area contributed by atoms with Gasteiger partial charge in [-0.05, 0) is 61.6 Å². The molecule has 5 heteroatoms.